The molecule has 9 atom stereocenters. The highest BCUT2D eigenvalue weighted by Gasteiger charge is 2.69. The quantitative estimate of drug-likeness (QED) is 0.588. The standard InChI is InChI=1S/C23H36O/c1-4-17-14(2)23-12-10-19-18(21(23)8-7-20(17)23)6-5-15-13-16(24)9-11-22(15,19)3/h14-15,17-21H,4-13H2,1-3H3. The molecule has 5 aliphatic carbocycles. The smallest absolute Gasteiger partial charge is 0.133 e. The van der Waals surface area contributed by atoms with E-state index in [9.17, 15) is 4.79 Å². The summed E-state index contributed by atoms with van der Waals surface area (Å²) in [5.74, 6) is 7.34. The maximum absolute atomic E-state index is 12.0. The number of carbonyl (C=O) groups is 1. The van der Waals surface area contributed by atoms with Crippen LogP contribution in [0.15, 0.2) is 0 Å². The van der Waals surface area contributed by atoms with Crippen molar-refractivity contribution in [1.82, 2.24) is 0 Å². The summed E-state index contributed by atoms with van der Waals surface area (Å²) in [6, 6.07) is 0. The van der Waals surface area contributed by atoms with Crippen LogP contribution >= 0.6 is 0 Å². The molecule has 0 aromatic carbocycles. The van der Waals surface area contributed by atoms with Crippen molar-refractivity contribution in [1.29, 1.82) is 0 Å². The van der Waals surface area contributed by atoms with Gasteiger partial charge in [0, 0.05) is 12.8 Å². The van der Waals surface area contributed by atoms with Gasteiger partial charge in [-0.2, -0.15) is 0 Å². The topological polar surface area (TPSA) is 17.1 Å². The number of Topliss-reactive ketones (excluding diaryl/α,β-unsaturated/α-hetero) is 1. The van der Waals surface area contributed by atoms with Gasteiger partial charge < -0.3 is 0 Å². The number of hydrogen-bond acceptors (Lipinski definition) is 1. The molecule has 134 valence electrons. The lowest BCUT2D eigenvalue weighted by molar-refractivity contribution is -0.195. The summed E-state index contributed by atoms with van der Waals surface area (Å²) >= 11 is 0. The van der Waals surface area contributed by atoms with Gasteiger partial charge in [-0.3, -0.25) is 4.79 Å². The molecule has 1 spiro atoms. The predicted molar refractivity (Wildman–Crippen MR) is 97.5 cm³/mol. The van der Waals surface area contributed by atoms with Gasteiger partial charge in [-0.05, 0) is 97.2 Å². The van der Waals surface area contributed by atoms with E-state index in [2.05, 4.69) is 20.8 Å². The molecular formula is C23H36O. The molecule has 24 heavy (non-hydrogen) atoms. The fourth-order valence-electron chi connectivity index (χ4n) is 9.59. The Kier molecular flexibility index (Phi) is 3.38. The van der Waals surface area contributed by atoms with E-state index >= 15 is 0 Å². The normalized spacial score (nSPS) is 59.0. The second-order valence-electron chi connectivity index (χ2n) is 10.6. The van der Waals surface area contributed by atoms with Gasteiger partial charge in [0.25, 0.3) is 0 Å². The van der Waals surface area contributed by atoms with Gasteiger partial charge in [0.1, 0.15) is 5.78 Å². The Hall–Kier alpha value is -0.330. The summed E-state index contributed by atoms with van der Waals surface area (Å²) in [7, 11) is 0. The van der Waals surface area contributed by atoms with E-state index in [-0.39, 0.29) is 0 Å². The van der Waals surface area contributed by atoms with E-state index in [0.717, 1.165) is 53.8 Å². The molecule has 5 aliphatic rings. The van der Waals surface area contributed by atoms with Crippen molar-refractivity contribution in [2.75, 3.05) is 0 Å². The SMILES string of the molecule is CCC1C(C)C23CCC4C(CCC5CC(=O)CCC54C)C2CCC13. The minimum absolute atomic E-state index is 0.494. The molecule has 1 heteroatoms. The molecule has 0 aromatic heterocycles. The first-order chi connectivity index (χ1) is 11.5. The lowest BCUT2D eigenvalue weighted by atomic mass is 9.37. The van der Waals surface area contributed by atoms with Crippen molar-refractivity contribution >= 4 is 5.78 Å². The molecule has 1 nitrogen and oxygen atoms in total. The van der Waals surface area contributed by atoms with Crippen LogP contribution in [0.25, 0.3) is 0 Å². The van der Waals surface area contributed by atoms with E-state index in [1.807, 2.05) is 0 Å². The van der Waals surface area contributed by atoms with Crippen LogP contribution in [-0.4, -0.2) is 5.78 Å². The highest BCUT2D eigenvalue weighted by molar-refractivity contribution is 5.79. The second-order valence-corrected chi connectivity index (χ2v) is 10.6. The average molecular weight is 329 g/mol. The molecule has 0 heterocycles. The van der Waals surface area contributed by atoms with E-state index in [1.165, 1.54) is 51.4 Å². The van der Waals surface area contributed by atoms with Crippen LogP contribution in [0.3, 0.4) is 0 Å². The highest BCUT2D eigenvalue weighted by Crippen LogP contribution is 2.76. The maximum Gasteiger partial charge on any atom is 0.133 e. The molecular weight excluding hydrogens is 292 g/mol. The second kappa shape index (κ2) is 5.10. The Balaban J connectivity index is 1.45. The summed E-state index contributed by atoms with van der Waals surface area (Å²) in [5.41, 5.74) is 1.24. The third kappa shape index (κ3) is 1.71. The van der Waals surface area contributed by atoms with Crippen molar-refractivity contribution < 1.29 is 4.79 Å². The molecule has 5 rings (SSSR count). The number of fused-ring (bicyclic) bond motifs is 4. The third-order valence-corrected chi connectivity index (χ3v) is 10.6. The Morgan fingerprint density at radius 2 is 1.79 bits per heavy atom. The number of carbonyl (C=O) groups excluding carboxylic acids is 1. The first-order valence-electron chi connectivity index (χ1n) is 11.0. The van der Waals surface area contributed by atoms with Crippen molar-refractivity contribution in [2.45, 2.75) is 85.0 Å². The summed E-state index contributed by atoms with van der Waals surface area (Å²) in [4.78, 5) is 12.0. The largest absolute Gasteiger partial charge is 0.300 e. The molecule has 0 N–H and O–H groups in total. The van der Waals surface area contributed by atoms with Gasteiger partial charge >= 0.3 is 0 Å². The molecule has 0 aliphatic heterocycles. The van der Waals surface area contributed by atoms with Crippen LogP contribution in [0.4, 0.5) is 0 Å². The molecule has 0 radical (unpaired) electrons. The summed E-state index contributed by atoms with van der Waals surface area (Å²) in [6.45, 7) is 7.62. The zero-order valence-corrected chi connectivity index (χ0v) is 16.0. The van der Waals surface area contributed by atoms with E-state index in [0.29, 0.717) is 17.1 Å². The number of ketones is 1. The molecule has 5 fully saturated rings. The van der Waals surface area contributed by atoms with Crippen LogP contribution in [0.1, 0.15) is 85.0 Å². The van der Waals surface area contributed by atoms with Crippen molar-refractivity contribution in [3.63, 3.8) is 0 Å². The van der Waals surface area contributed by atoms with Gasteiger partial charge in [-0.25, -0.2) is 0 Å². The van der Waals surface area contributed by atoms with Gasteiger partial charge in [-0.1, -0.05) is 27.2 Å². The predicted octanol–water partition coefficient (Wildman–Crippen LogP) is 5.87. The Bertz CT molecular complexity index is 552. The van der Waals surface area contributed by atoms with Gasteiger partial charge in [0.15, 0.2) is 0 Å². The monoisotopic (exact) mass is 328 g/mol. The first-order valence-corrected chi connectivity index (χ1v) is 11.0. The molecule has 9 unspecified atom stereocenters. The van der Waals surface area contributed by atoms with E-state index in [4.69, 9.17) is 0 Å². The van der Waals surface area contributed by atoms with Crippen LogP contribution in [0.5, 0.6) is 0 Å². The first kappa shape index (κ1) is 15.9. The summed E-state index contributed by atoms with van der Waals surface area (Å²) in [6.07, 6.45) is 13.3. The van der Waals surface area contributed by atoms with Crippen molar-refractivity contribution in [3.05, 3.63) is 0 Å². The fourth-order valence-corrected chi connectivity index (χ4v) is 9.59. The lowest BCUT2D eigenvalue weighted by Crippen LogP contribution is -2.62. The summed E-state index contributed by atoms with van der Waals surface area (Å²) in [5, 5.41) is 0. The maximum atomic E-state index is 12.0. The third-order valence-electron chi connectivity index (χ3n) is 10.6. The lowest BCUT2D eigenvalue weighted by Gasteiger charge is -2.68. The van der Waals surface area contributed by atoms with Crippen molar-refractivity contribution in [3.8, 4) is 0 Å². The minimum atomic E-state index is 0.494. The Morgan fingerprint density at radius 1 is 1.00 bits per heavy atom. The fraction of sp³-hybridized carbons (Fsp3) is 0.957. The van der Waals surface area contributed by atoms with Crippen LogP contribution in [0, 0.1) is 52.3 Å². The van der Waals surface area contributed by atoms with Gasteiger partial charge in [-0.15, -0.1) is 0 Å². The number of hydrogen-bond donors (Lipinski definition) is 0. The van der Waals surface area contributed by atoms with E-state index < -0.39 is 0 Å². The zero-order valence-electron chi connectivity index (χ0n) is 16.0. The highest BCUT2D eigenvalue weighted by atomic mass is 16.1. The Labute approximate surface area is 148 Å². The average Bonchev–Trinajstić information content (AvgIpc) is 2.92. The Morgan fingerprint density at radius 3 is 2.58 bits per heavy atom. The van der Waals surface area contributed by atoms with E-state index in [1.54, 1.807) is 0 Å². The number of rotatable bonds is 1. The zero-order chi connectivity index (χ0) is 16.7. The molecule has 0 aromatic rings. The van der Waals surface area contributed by atoms with Crippen molar-refractivity contribution in [2.24, 2.45) is 52.3 Å². The van der Waals surface area contributed by atoms with Crippen LogP contribution in [0.2, 0.25) is 0 Å². The van der Waals surface area contributed by atoms with Gasteiger partial charge in [0.05, 0.1) is 0 Å². The molecule has 0 saturated heterocycles. The van der Waals surface area contributed by atoms with Crippen LogP contribution < -0.4 is 0 Å². The minimum Gasteiger partial charge on any atom is -0.300 e. The molecule has 5 saturated carbocycles. The van der Waals surface area contributed by atoms with Crippen LogP contribution in [-0.2, 0) is 4.79 Å². The van der Waals surface area contributed by atoms with Gasteiger partial charge in [0.2, 0.25) is 0 Å². The summed E-state index contributed by atoms with van der Waals surface area (Å²) < 4.78 is 0. The molecule has 0 amide bonds. The molecule has 0 bridgehead atoms.